The maximum atomic E-state index is 2.35. The molecule has 0 saturated heterocycles. The van der Waals surface area contributed by atoms with Crippen molar-refractivity contribution < 1.29 is 0 Å². The van der Waals surface area contributed by atoms with Crippen molar-refractivity contribution in [1.29, 1.82) is 0 Å². The monoisotopic (exact) mass is 300 g/mol. The lowest BCUT2D eigenvalue weighted by Crippen LogP contribution is -2.10. The van der Waals surface area contributed by atoms with Crippen molar-refractivity contribution in [1.82, 2.24) is 0 Å². The smallest absolute Gasteiger partial charge is 0.0334 e. The lowest BCUT2D eigenvalue weighted by Gasteiger charge is -2.23. The van der Waals surface area contributed by atoms with E-state index in [-0.39, 0.29) is 0 Å². The maximum absolute atomic E-state index is 2.35. The zero-order valence-corrected chi connectivity index (χ0v) is 17.5. The van der Waals surface area contributed by atoms with Crippen molar-refractivity contribution in [3.63, 3.8) is 0 Å². The van der Waals surface area contributed by atoms with Crippen LogP contribution >= 0.6 is 0 Å². The standard InChI is InChI=1S/C8H18.C7H16.C6H14/c1-5-8(4,6-2)7-3;1-5-7(3,4)6-2;1-4-6(3)5-2/h5-7H2,1-4H3;5-6H2,1-4H3;6H,4-5H2,1-3H3. The minimum Gasteiger partial charge on any atom is -0.0651 e. The summed E-state index contributed by atoms with van der Waals surface area (Å²) in [5.41, 5.74) is 1.21. The number of rotatable bonds is 7. The van der Waals surface area contributed by atoms with Gasteiger partial charge in [0.05, 0.1) is 0 Å². The Labute approximate surface area is 138 Å². The molecule has 21 heavy (non-hydrogen) atoms. The van der Waals surface area contributed by atoms with Gasteiger partial charge in [-0.05, 0) is 16.7 Å². The van der Waals surface area contributed by atoms with Crippen molar-refractivity contribution in [2.75, 3.05) is 0 Å². The summed E-state index contributed by atoms with van der Waals surface area (Å²) in [6, 6.07) is 0. The molecule has 0 saturated carbocycles. The lowest BCUT2D eigenvalue weighted by atomic mass is 9.82. The number of hydrogen-bond acceptors (Lipinski definition) is 0. The summed E-state index contributed by atoms with van der Waals surface area (Å²) in [5.74, 6) is 0.935. The van der Waals surface area contributed by atoms with Crippen LogP contribution < -0.4 is 0 Å². The highest BCUT2D eigenvalue weighted by Crippen LogP contribution is 2.28. The molecule has 132 valence electrons. The van der Waals surface area contributed by atoms with Crippen LogP contribution in [0.25, 0.3) is 0 Å². The van der Waals surface area contributed by atoms with Crippen LogP contribution in [0, 0.1) is 16.7 Å². The Hall–Kier alpha value is 0. The molecule has 0 aromatic rings. The third kappa shape index (κ3) is 18.0. The Bertz CT molecular complexity index is 168. The summed E-state index contributed by atoms with van der Waals surface area (Å²) in [6.07, 6.45) is 9.21. The minimum atomic E-state index is 0.583. The van der Waals surface area contributed by atoms with E-state index in [0.717, 1.165) is 5.92 Å². The molecule has 0 fully saturated rings. The molecule has 0 radical (unpaired) electrons. The van der Waals surface area contributed by atoms with Crippen LogP contribution in [0.3, 0.4) is 0 Å². The van der Waals surface area contributed by atoms with E-state index in [9.17, 15) is 0 Å². The first-order chi connectivity index (χ1) is 9.61. The molecule has 0 bridgehead atoms. The van der Waals surface area contributed by atoms with Gasteiger partial charge in [0.25, 0.3) is 0 Å². The van der Waals surface area contributed by atoms with E-state index in [1.807, 2.05) is 0 Å². The lowest BCUT2D eigenvalue weighted by molar-refractivity contribution is 0.286. The molecule has 0 atom stereocenters. The van der Waals surface area contributed by atoms with Crippen LogP contribution in [0.2, 0.25) is 0 Å². The first kappa shape index (κ1) is 25.9. The van der Waals surface area contributed by atoms with E-state index in [2.05, 4.69) is 76.2 Å². The van der Waals surface area contributed by atoms with Crippen LogP contribution in [0.1, 0.15) is 121 Å². The van der Waals surface area contributed by atoms with Crippen molar-refractivity contribution in [2.24, 2.45) is 16.7 Å². The van der Waals surface area contributed by atoms with Crippen LogP contribution in [-0.4, -0.2) is 0 Å². The second-order valence-electron chi connectivity index (χ2n) is 7.66. The fraction of sp³-hybridized carbons (Fsp3) is 1.00. The van der Waals surface area contributed by atoms with Gasteiger partial charge in [0, 0.05) is 0 Å². The van der Waals surface area contributed by atoms with Gasteiger partial charge in [-0.15, -0.1) is 0 Å². The van der Waals surface area contributed by atoms with Crippen molar-refractivity contribution in [2.45, 2.75) is 121 Å². The van der Waals surface area contributed by atoms with E-state index in [0.29, 0.717) is 10.8 Å². The second-order valence-corrected chi connectivity index (χ2v) is 7.66. The van der Waals surface area contributed by atoms with Crippen molar-refractivity contribution >= 4 is 0 Å². The molecule has 0 rings (SSSR count). The van der Waals surface area contributed by atoms with Gasteiger partial charge in [-0.3, -0.25) is 0 Å². The van der Waals surface area contributed by atoms with Crippen LogP contribution in [-0.2, 0) is 0 Å². The Morgan fingerprint density at radius 2 is 0.857 bits per heavy atom. The van der Waals surface area contributed by atoms with Gasteiger partial charge < -0.3 is 0 Å². The molecule has 0 unspecified atom stereocenters. The third-order valence-corrected chi connectivity index (χ3v) is 5.87. The highest BCUT2D eigenvalue weighted by Gasteiger charge is 2.15. The largest absolute Gasteiger partial charge is 0.0651 e. The van der Waals surface area contributed by atoms with E-state index >= 15 is 0 Å². The van der Waals surface area contributed by atoms with Crippen LogP contribution in [0.15, 0.2) is 0 Å². The average Bonchev–Trinajstić information content (AvgIpc) is 2.54. The molecule has 0 aromatic carbocycles. The van der Waals surface area contributed by atoms with Crippen LogP contribution in [0.4, 0.5) is 0 Å². The summed E-state index contributed by atoms with van der Waals surface area (Å²) >= 11 is 0. The molecule has 0 N–H and O–H groups in total. The average molecular weight is 301 g/mol. The molecule has 0 heteroatoms. The van der Waals surface area contributed by atoms with Crippen LogP contribution in [0.5, 0.6) is 0 Å². The summed E-state index contributed by atoms with van der Waals surface area (Å²) in [6.45, 7) is 25.0. The van der Waals surface area contributed by atoms with Gasteiger partial charge in [0.2, 0.25) is 0 Å². The molecule has 0 aliphatic carbocycles. The van der Waals surface area contributed by atoms with Gasteiger partial charge >= 0.3 is 0 Å². The van der Waals surface area contributed by atoms with E-state index in [4.69, 9.17) is 0 Å². The Balaban J connectivity index is -0.000000234. The Morgan fingerprint density at radius 3 is 0.857 bits per heavy atom. The van der Waals surface area contributed by atoms with Crippen molar-refractivity contribution in [3.8, 4) is 0 Å². The molecule has 0 aliphatic heterocycles. The molecular weight excluding hydrogens is 252 g/mol. The molecule has 0 heterocycles. The summed E-state index contributed by atoms with van der Waals surface area (Å²) in [5, 5.41) is 0. The molecule has 0 spiro atoms. The minimum absolute atomic E-state index is 0.583. The summed E-state index contributed by atoms with van der Waals surface area (Å²) in [4.78, 5) is 0. The zero-order valence-electron chi connectivity index (χ0n) is 17.5. The van der Waals surface area contributed by atoms with E-state index in [1.54, 1.807) is 0 Å². The summed E-state index contributed by atoms with van der Waals surface area (Å²) < 4.78 is 0. The van der Waals surface area contributed by atoms with Gasteiger partial charge in [-0.1, -0.05) is 121 Å². The second kappa shape index (κ2) is 14.9. The highest BCUT2D eigenvalue weighted by molar-refractivity contribution is 4.67. The van der Waals surface area contributed by atoms with Gasteiger partial charge in [0.15, 0.2) is 0 Å². The predicted octanol–water partition coefficient (Wildman–Crippen LogP) is 8.50. The predicted molar refractivity (Wildman–Crippen MR) is 103 cm³/mol. The normalized spacial score (nSPS) is 11.4. The first-order valence-electron chi connectivity index (χ1n) is 9.61. The molecule has 0 aromatic heterocycles. The fourth-order valence-corrected chi connectivity index (χ4v) is 1.29. The zero-order chi connectivity index (χ0) is 17.5. The fourth-order valence-electron chi connectivity index (χ4n) is 1.29. The van der Waals surface area contributed by atoms with Gasteiger partial charge in [-0.25, -0.2) is 0 Å². The van der Waals surface area contributed by atoms with E-state index in [1.165, 1.54) is 44.9 Å². The third-order valence-electron chi connectivity index (χ3n) is 5.87. The molecule has 0 aliphatic rings. The molecule has 0 nitrogen and oxygen atoms in total. The quantitative estimate of drug-likeness (QED) is 0.442. The SMILES string of the molecule is CCC(C)(C)CC.CCC(C)(CC)CC.CCC(C)CC. The Kier molecular flexibility index (Phi) is 18.4. The highest BCUT2D eigenvalue weighted by atomic mass is 14.2. The maximum Gasteiger partial charge on any atom is -0.0334 e. The first-order valence-corrected chi connectivity index (χ1v) is 9.61. The van der Waals surface area contributed by atoms with Gasteiger partial charge in [-0.2, -0.15) is 0 Å². The Morgan fingerprint density at radius 1 is 0.571 bits per heavy atom. The molecular formula is C21H48. The van der Waals surface area contributed by atoms with Gasteiger partial charge in [0.1, 0.15) is 0 Å². The van der Waals surface area contributed by atoms with Crippen molar-refractivity contribution in [3.05, 3.63) is 0 Å². The van der Waals surface area contributed by atoms with E-state index < -0.39 is 0 Å². The summed E-state index contributed by atoms with van der Waals surface area (Å²) in [7, 11) is 0. The number of hydrogen-bond donors (Lipinski definition) is 0. The molecule has 0 amide bonds. The topological polar surface area (TPSA) is 0 Å².